The number of nitrogens with one attached hydrogen (secondary N) is 1. The van der Waals surface area contributed by atoms with Crippen LogP contribution in [0.5, 0.6) is 0 Å². The van der Waals surface area contributed by atoms with Crippen molar-refractivity contribution in [2.45, 2.75) is 13.0 Å². The van der Waals surface area contributed by atoms with Crippen molar-refractivity contribution in [2.75, 3.05) is 6.54 Å². The summed E-state index contributed by atoms with van der Waals surface area (Å²) in [7, 11) is 0. The standard InChI is InChI=1S/C19H18FN3O2/c20-16-8-6-14(7-9-16)19-15(12-21-11-10-18(24)25)13-23(22-19)17-4-2-1-3-5-17/h1-9,13,21H,10-12H2,(H,24,25). The molecule has 3 rings (SSSR count). The molecule has 0 saturated carbocycles. The minimum Gasteiger partial charge on any atom is -0.481 e. The number of hydrogen-bond acceptors (Lipinski definition) is 3. The summed E-state index contributed by atoms with van der Waals surface area (Å²) in [4.78, 5) is 10.6. The second-order valence-electron chi connectivity index (χ2n) is 5.61. The highest BCUT2D eigenvalue weighted by Crippen LogP contribution is 2.24. The van der Waals surface area contributed by atoms with Crippen molar-refractivity contribution in [1.29, 1.82) is 0 Å². The van der Waals surface area contributed by atoms with Crippen LogP contribution < -0.4 is 5.32 Å². The third kappa shape index (κ3) is 4.30. The molecule has 25 heavy (non-hydrogen) atoms. The van der Waals surface area contributed by atoms with Crippen LogP contribution in [0.1, 0.15) is 12.0 Å². The van der Waals surface area contributed by atoms with Crippen molar-refractivity contribution in [2.24, 2.45) is 0 Å². The number of carboxylic acid groups (broad SMARTS) is 1. The monoisotopic (exact) mass is 339 g/mol. The number of aromatic nitrogens is 2. The first-order chi connectivity index (χ1) is 12.1. The van der Waals surface area contributed by atoms with Crippen molar-refractivity contribution in [3.05, 3.63) is 72.2 Å². The molecule has 0 radical (unpaired) electrons. The van der Waals surface area contributed by atoms with Crippen LogP contribution in [0.25, 0.3) is 16.9 Å². The summed E-state index contributed by atoms with van der Waals surface area (Å²) in [6, 6.07) is 15.9. The fourth-order valence-corrected chi connectivity index (χ4v) is 2.52. The van der Waals surface area contributed by atoms with Crippen LogP contribution in [0.15, 0.2) is 60.8 Å². The number of halogens is 1. The lowest BCUT2D eigenvalue weighted by atomic mass is 10.1. The van der Waals surface area contributed by atoms with Gasteiger partial charge in [-0.1, -0.05) is 18.2 Å². The average Bonchev–Trinajstić information content (AvgIpc) is 3.04. The highest BCUT2D eigenvalue weighted by molar-refractivity contribution is 5.67. The number of nitrogens with zero attached hydrogens (tertiary/aromatic N) is 2. The molecule has 1 heterocycles. The third-order valence-corrected chi connectivity index (χ3v) is 3.76. The van der Waals surface area contributed by atoms with Gasteiger partial charge in [0, 0.05) is 30.4 Å². The van der Waals surface area contributed by atoms with Crippen LogP contribution >= 0.6 is 0 Å². The van der Waals surface area contributed by atoms with Gasteiger partial charge in [0.25, 0.3) is 0 Å². The second-order valence-corrected chi connectivity index (χ2v) is 5.61. The Hall–Kier alpha value is -2.99. The number of para-hydroxylation sites is 1. The van der Waals surface area contributed by atoms with Gasteiger partial charge in [0.2, 0.25) is 0 Å². The van der Waals surface area contributed by atoms with Gasteiger partial charge in [-0.05, 0) is 36.4 Å². The largest absolute Gasteiger partial charge is 0.481 e. The van der Waals surface area contributed by atoms with Crippen molar-refractivity contribution < 1.29 is 14.3 Å². The highest BCUT2D eigenvalue weighted by Gasteiger charge is 2.12. The van der Waals surface area contributed by atoms with E-state index in [1.165, 1.54) is 12.1 Å². The zero-order chi connectivity index (χ0) is 17.6. The molecule has 6 heteroatoms. The smallest absolute Gasteiger partial charge is 0.304 e. The summed E-state index contributed by atoms with van der Waals surface area (Å²) >= 11 is 0. The molecule has 0 aliphatic carbocycles. The molecule has 2 aromatic carbocycles. The number of carboxylic acids is 1. The van der Waals surface area contributed by atoms with E-state index >= 15 is 0 Å². The van der Waals surface area contributed by atoms with Gasteiger partial charge in [0.15, 0.2) is 0 Å². The van der Waals surface area contributed by atoms with E-state index in [4.69, 9.17) is 5.11 Å². The van der Waals surface area contributed by atoms with Crippen LogP contribution in [-0.4, -0.2) is 27.4 Å². The zero-order valence-electron chi connectivity index (χ0n) is 13.5. The zero-order valence-corrected chi connectivity index (χ0v) is 13.5. The first kappa shape index (κ1) is 16.9. The molecular weight excluding hydrogens is 321 g/mol. The molecular formula is C19H18FN3O2. The van der Waals surface area contributed by atoms with Gasteiger partial charge in [-0.3, -0.25) is 4.79 Å². The van der Waals surface area contributed by atoms with Crippen molar-refractivity contribution in [3.8, 4) is 16.9 Å². The molecule has 2 N–H and O–H groups in total. The molecule has 0 fully saturated rings. The molecule has 0 saturated heterocycles. The van der Waals surface area contributed by atoms with Gasteiger partial charge in [0.1, 0.15) is 5.82 Å². The number of hydrogen-bond donors (Lipinski definition) is 2. The Balaban J connectivity index is 1.89. The Labute approximate surface area is 144 Å². The maximum atomic E-state index is 13.2. The predicted octanol–water partition coefficient (Wildman–Crippen LogP) is 3.24. The number of benzene rings is 2. The molecule has 0 unspecified atom stereocenters. The number of aliphatic carboxylic acids is 1. The average molecular weight is 339 g/mol. The SMILES string of the molecule is O=C(O)CCNCc1cn(-c2ccccc2)nc1-c1ccc(F)cc1. The maximum absolute atomic E-state index is 13.2. The summed E-state index contributed by atoms with van der Waals surface area (Å²) in [5.41, 5.74) is 3.39. The normalized spacial score (nSPS) is 10.8. The lowest BCUT2D eigenvalue weighted by Gasteiger charge is -2.04. The van der Waals surface area contributed by atoms with Gasteiger partial charge in [-0.15, -0.1) is 0 Å². The van der Waals surface area contributed by atoms with E-state index in [1.807, 2.05) is 36.5 Å². The molecule has 0 aliphatic rings. The summed E-state index contributed by atoms with van der Waals surface area (Å²) < 4.78 is 15.0. The van der Waals surface area contributed by atoms with E-state index < -0.39 is 5.97 Å². The van der Waals surface area contributed by atoms with E-state index in [2.05, 4.69) is 10.4 Å². The molecule has 0 atom stereocenters. The van der Waals surface area contributed by atoms with E-state index in [0.717, 1.165) is 22.5 Å². The summed E-state index contributed by atoms with van der Waals surface area (Å²) in [5, 5.41) is 16.5. The predicted molar refractivity (Wildman–Crippen MR) is 92.9 cm³/mol. The highest BCUT2D eigenvalue weighted by atomic mass is 19.1. The number of rotatable bonds is 7. The van der Waals surface area contributed by atoms with Gasteiger partial charge in [0.05, 0.1) is 17.8 Å². The first-order valence-electron chi connectivity index (χ1n) is 7.96. The van der Waals surface area contributed by atoms with Gasteiger partial charge in [-0.2, -0.15) is 5.10 Å². The van der Waals surface area contributed by atoms with E-state index in [1.54, 1.807) is 16.8 Å². The van der Waals surface area contributed by atoms with Crippen LogP contribution in [-0.2, 0) is 11.3 Å². The Morgan fingerprint density at radius 2 is 1.84 bits per heavy atom. The summed E-state index contributed by atoms with van der Waals surface area (Å²) in [5.74, 6) is -1.14. The summed E-state index contributed by atoms with van der Waals surface area (Å²) in [6.07, 6.45) is 1.96. The third-order valence-electron chi connectivity index (χ3n) is 3.76. The molecule has 5 nitrogen and oxygen atoms in total. The molecule has 128 valence electrons. The maximum Gasteiger partial charge on any atom is 0.304 e. The molecule has 1 aromatic heterocycles. The van der Waals surface area contributed by atoms with Crippen molar-refractivity contribution in [1.82, 2.24) is 15.1 Å². The number of carbonyl (C=O) groups is 1. The lowest BCUT2D eigenvalue weighted by Crippen LogP contribution is -2.17. The molecule has 3 aromatic rings. The van der Waals surface area contributed by atoms with Crippen molar-refractivity contribution >= 4 is 5.97 Å². The topological polar surface area (TPSA) is 67.2 Å². The van der Waals surface area contributed by atoms with Crippen LogP contribution in [0, 0.1) is 5.82 Å². The molecule has 0 amide bonds. The molecule has 0 bridgehead atoms. The van der Waals surface area contributed by atoms with E-state index in [0.29, 0.717) is 13.1 Å². The van der Waals surface area contributed by atoms with Gasteiger partial charge in [-0.25, -0.2) is 9.07 Å². The van der Waals surface area contributed by atoms with Gasteiger partial charge >= 0.3 is 5.97 Å². The van der Waals surface area contributed by atoms with Crippen LogP contribution in [0.3, 0.4) is 0 Å². The Kier molecular flexibility index (Phi) is 5.20. The van der Waals surface area contributed by atoms with Crippen LogP contribution in [0.4, 0.5) is 4.39 Å². The Morgan fingerprint density at radius 1 is 1.12 bits per heavy atom. The Bertz CT molecular complexity index is 845. The fourth-order valence-electron chi connectivity index (χ4n) is 2.52. The minimum atomic E-state index is -0.841. The molecule has 0 spiro atoms. The van der Waals surface area contributed by atoms with Crippen LogP contribution in [0.2, 0.25) is 0 Å². The lowest BCUT2D eigenvalue weighted by molar-refractivity contribution is -0.136. The first-order valence-corrected chi connectivity index (χ1v) is 7.96. The minimum absolute atomic E-state index is 0.0543. The summed E-state index contributed by atoms with van der Waals surface area (Å²) in [6.45, 7) is 0.849. The van der Waals surface area contributed by atoms with E-state index in [9.17, 15) is 9.18 Å². The van der Waals surface area contributed by atoms with Gasteiger partial charge < -0.3 is 10.4 Å². The fraction of sp³-hybridized carbons (Fsp3) is 0.158. The van der Waals surface area contributed by atoms with E-state index in [-0.39, 0.29) is 12.2 Å². The van der Waals surface area contributed by atoms with Crippen molar-refractivity contribution in [3.63, 3.8) is 0 Å². The second kappa shape index (κ2) is 7.72. The quantitative estimate of drug-likeness (QED) is 0.649. The molecule has 0 aliphatic heterocycles. The Morgan fingerprint density at radius 3 is 2.52 bits per heavy atom.